The molecule has 1 N–H and O–H groups in total. The van der Waals surface area contributed by atoms with E-state index in [1.165, 1.54) is 18.5 Å². The highest BCUT2D eigenvalue weighted by atomic mass is 19.1. The van der Waals surface area contributed by atoms with E-state index >= 15 is 0 Å². The topological polar surface area (TPSA) is 45.8 Å². The van der Waals surface area contributed by atoms with Crippen LogP contribution in [0.25, 0.3) is 10.9 Å². The molecule has 1 heterocycles. The van der Waals surface area contributed by atoms with Crippen LogP contribution in [0.4, 0.5) is 4.39 Å². The van der Waals surface area contributed by atoms with Gasteiger partial charge in [0.15, 0.2) is 0 Å². The predicted octanol–water partition coefficient (Wildman–Crippen LogP) is -0.144. The van der Waals surface area contributed by atoms with Crippen molar-refractivity contribution in [3.63, 3.8) is 0 Å². The molecule has 0 unspecified atom stereocenters. The van der Waals surface area contributed by atoms with E-state index in [1.54, 1.807) is 0 Å². The van der Waals surface area contributed by atoms with Crippen LogP contribution in [-0.4, -0.2) is 17.8 Å². The van der Waals surface area contributed by atoms with Crippen molar-refractivity contribution >= 4 is 24.2 Å². The van der Waals surface area contributed by atoms with Crippen LogP contribution in [0.2, 0.25) is 0 Å². The average Bonchev–Trinajstić information content (AvgIpc) is 2.12. The fraction of sp³-hybridized carbons (Fsp3) is 0. The second kappa shape index (κ2) is 2.69. The molecule has 2 rings (SSSR count). The molecular formula is C8H4BFN2O. The number of hydrogen-bond donors (Lipinski definition) is 1. The Hall–Kier alpha value is -1.65. The van der Waals surface area contributed by atoms with E-state index < -0.39 is 11.4 Å². The molecule has 0 amide bonds. The zero-order valence-corrected chi connectivity index (χ0v) is 6.54. The number of fused-ring (bicyclic) bond motifs is 1. The number of nitrogens with one attached hydrogen (secondary N) is 1. The number of rotatable bonds is 0. The second-order valence-electron chi connectivity index (χ2n) is 2.59. The standard InChI is InChI=1S/C8H4BFN2O/c9-4-1-2-5-6(7(4)10)8(13)12-3-11-5/h1-3H,(H,11,12,13). The van der Waals surface area contributed by atoms with E-state index in [0.29, 0.717) is 5.52 Å². The molecule has 0 aliphatic rings. The summed E-state index contributed by atoms with van der Waals surface area (Å²) in [5.74, 6) is -0.716. The van der Waals surface area contributed by atoms with E-state index in [4.69, 9.17) is 7.85 Å². The number of H-pyrrole nitrogens is 1. The minimum atomic E-state index is -0.716. The van der Waals surface area contributed by atoms with Crippen LogP contribution in [0, 0.1) is 5.82 Å². The number of halogens is 1. The maximum Gasteiger partial charge on any atom is 0.261 e. The van der Waals surface area contributed by atoms with Crippen LogP contribution < -0.4 is 11.0 Å². The molecule has 62 valence electrons. The Balaban J connectivity index is 3.06. The Labute approximate surface area is 74.0 Å². The molecule has 2 aromatic rings. The lowest BCUT2D eigenvalue weighted by Gasteiger charge is -1.99. The molecule has 0 saturated heterocycles. The third-order valence-electron chi connectivity index (χ3n) is 1.78. The Bertz CT molecular complexity index is 523. The van der Waals surface area contributed by atoms with Gasteiger partial charge in [-0.25, -0.2) is 9.37 Å². The lowest BCUT2D eigenvalue weighted by molar-refractivity contribution is 0.646. The summed E-state index contributed by atoms with van der Waals surface area (Å²) in [6.07, 6.45) is 1.22. The molecular weight excluding hydrogens is 170 g/mol. The van der Waals surface area contributed by atoms with Crippen LogP contribution in [0.3, 0.4) is 0 Å². The number of aromatic nitrogens is 2. The summed E-state index contributed by atoms with van der Waals surface area (Å²) in [5.41, 5.74) is -0.267. The van der Waals surface area contributed by atoms with Crippen molar-refractivity contribution in [2.75, 3.05) is 0 Å². The Morgan fingerprint density at radius 3 is 3.00 bits per heavy atom. The molecule has 5 heteroatoms. The molecule has 1 aromatic heterocycles. The van der Waals surface area contributed by atoms with E-state index in [0.717, 1.165) is 0 Å². The van der Waals surface area contributed by atoms with Gasteiger partial charge in [-0.15, -0.1) is 0 Å². The highest BCUT2D eigenvalue weighted by molar-refractivity contribution is 6.33. The lowest BCUT2D eigenvalue weighted by Crippen LogP contribution is -2.15. The molecule has 0 spiro atoms. The summed E-state index contributed by atoms with van der Waals surface area (Å²) in [7, 11) is 5.30. The van der Waals surface area contributed by atoms with Crippen LogP contribution in [0.5, 0.6) is 0 Å². The van der Waals surface area contributed by atoms with E-state index in [1.807, 2.05) is 0 Å². The quantitative estimate of drug-likeness (QED) is 0.564. The number of benzene rings is 1. The van der Waals surface area contributed by atoms with Gasteiger partial charge in [0.05, 0.1) is 11.8 Å². The van der Waals surface area contributed by atoms with Crippen LogP contribution >= 0.6 is 0 Å². The monoisotopic (exact) mass is 174 g/mol. The molecule has 0 aliphatic carbocycles. The number of nitrogens with zero attached hydrogens (tertiary/aromatic N) is 1. The molecule has 2 radical (unpaired) electrons. The fourth-order valence-electron chi connectivity index (χ4n) is 1.14. The van der Waals surface area contributed by atoms with Crippen molar-refractivity contribution in [2.45, 2.75) is 0 Å². The van der Waals surface area contributed by atoms with Gasteiger partial charge in [0.25, 0.3) is 5.56 Å². The number of hydrogen-bond acceptors (Lipinski definition) is 2. The minimum Gasteiger partial charge on any atom is -0.313 e. The summed E-state index contributed by atoms with van der Waals surface area (Å²) >= 11 is 0. The van der Waals surface area contributed by atoms with E-state index in [-0.39, 0.29) is 10.8 Å². The van der Waals surface area contributed by atoms with Crippen molar-refractivity contribution in [3.05, 3.63) is 34.6 Å². The third kappa shape index (κ3) is 1.12. The summed E-state index contributed by atoms with van der Waals surface area (Å²) in [6, 6.07) is 2.88. The van der Waals surface area contributed by atoms with Gasteiger partial charge in [0.2, 0.25) is 0 Å². The van der Waals surface area contributed by atoms with Crippen molar-refractivity contribution in [2.24, 2.45) is 0 Å². The van der Waals surface area contributed by atoms with Crippen LogP contribution in [0.15, 0.2) is 23.3 Å². The van der Waals surface area contributed by atoms with Gasteiger partial charge in [-0.1, -0.05) is 11.5 Å². The normalized spacial score (nSPS) is 10.5. The molecule has 3 nitrogen and oxygen atoms in total. The van der Waals surface area contributed by atoms with E-state index in [9.17, 15) is 9.18 Å². The Morgan fingerprint density at radius 1 is 1.46 bits per heavy atom. The van der Waals surface area contributed by atoms with Crippen LogP contribution in [0.1, 0.15) is 0 Å². The first-order chi connectivity index (χ1) is 6.20. The van der Waals surface area contributed by atoms with Gasteiger partial charge >= 0.3 is 0 Å². The van der Waals surface area contributed by atoms with Gasteiger partial charge in [0, 0.05) is 0 Å². The number of aromatic amines is 1. The first-order valence-electron chi connectivity index (χ1n) is 3.61. The molecule has 0 bridgehead atoms. The Morgan fingerprint density at radius 2 is 2.23 bits per heavy atom. The van der Waals surface area contributed by atoms with E-state index in [2.05, 4.69) is 9.97 Å². The minimum absolute atomic E-state index is 0.0500. The molecule has 0 saturated carbocycles. The highest BCUT2D eigenvalue weighted by Gasteiger charge is 2.07. The highest BCUT2D eigenvalue weighted by Crippen LogP contribution is 2.06. The third-order valence-corrected chi connectivity index (χ3v) is 1.78. The first kappa shape index (κ1) is 7.98. The zero-order chi connectivity index (χ0) is 9.42. The second-order valence-corrected chi connectivity index (χ2v) is 2.59. The summed E-state index contributed by atoms with van der Waals surface area (Å²) in [6.45, 7) is 0. The van der Waals surface area contributed by atoms with Crippen LogP contribution in [-0.2, 0) is 0 Å². The molecule has 0 fully saturated rings. The summed E-state index contributed by atoms with van der Waals surface area (Å²) in [5, 5.41) is -0.0949. The van der Waals surface area contributed by atoms with Gasteiger partial charge in [-0.3, -0.25) is 4.79 Å². The Kier molecular flexibility index (Phi) is 1.65. The molecule has 0 atom stereocenters. The van der Waals surface area contributed by atoms with Crippen molar-refractivity contribution in [1.82, 2.24) is 9.97 Å². The van der Waals surface area contributed by atoms with Gasteiger partial charge in [0.1, 0.15) is 19.0 Å². The first-order valence-corrected chi connectivity index (χ1v) is 3.61. The average molecular weight is 174 g/mol. The molecule has 13 heavy (non-hydrogen) atoms. The zero-order valence-electron chi connectivity index (χ0n) is 6.54. The molecule has 1 aromatic carbocycles. The summed E-state index contributed by atoms with van der Waals surface area (Å²) < 4.78 is 13.3. The van der Waals surface area contributed by atoms with Crippen molar-refractivity contribution in [1.29, 1.82) is 0 Å². The van der Waals surface area contributed by atoms with Gasteiger partial charge in [-0.2, -0.15) is 0 Å². The SMILES string of the molecule is [B]c1ccc2nc[nH]c(=O)c2c1F. The van der Waals surface area contributed by atoms with Crippen molar-refractivity contribution < 1.29 is 4.39 Å². The van der Waals surface area contributed by atoms with Gasteiger partial charge in [-0.05, 0) is 6.07 Å². The summed E-state index contributed by atoms with van der Waals surface area (Å²) in [4.78, 5) is 17.2. The smallest absolute Gasteiger partial charge is 0.261 e. The van der Waals surface area contributed by atoms with Gasteiger partial charge < -0.3 is 4.98 Å². The maximum absolute atomic E-state index is 13.3. The lowest BCUT2D eigenvalue weighted by atomic mass is 9.94. The largest absolute Gasteiger partial charge is 0.313 e. The predicted molar refractivity (Wildman–Crippen MR) is 47.7 cm³/mol. The maximum atomic E-state index is 13.3. The van der Waals surface area contributed by atoms with Crippen molar-refractivity contribution in [3.8, 4) is 0 Å². The molecule has 0 aliphatic heterocycles. The fourth-order valence-corrected chi connectivity index (χ4v) is 1.14.